The van der Waals surface area contributed by atoms with E-state index in [9.17, 15) is 0 Å². The van der Waals surface area contributed by atoms with Gasteiger partial charge in [-0.25, -0.2) is 0 Å². The molecule has 13 heavy (non-hydrogen) atoms. The molecule has 78 valence electrons. The smallest absolute Gasteiger partial charge is 0.00462 e. The van der Waals surface area contributed by atoms with E-state index in [4.69, 9.17) is 5.73 Å². The van der Waals surface area contributed by atoms with Crippen molar-refractivity contribution in [3.05, 3.63) is 0 Å². The van der Waals surface area contributed by atoms with Gasteiger partial charge < -0.3 is 5.73 Å². The Morgan fingerprint density at radius 1 is 1.15 bits per heavy atom. The topological polar surface area (TPSA) is 26.0 Å². The molecule has 1 fully saturated rings. The van der Waals surface area contributed by atoms with Crippen molar-refractivity contribution in [1.29, 1.82) is 0 Å². The fraction of sp³-hybridized carbons (Fsp3) is 1.00. The molecule has 0 saturated heterocycles. The molecule has 0 aliphatic heterocycles. The van der Waals surface area contributed by atoms with Crippen LogP contribution < -0.4 is 5.73 Å². The first-order valence-electron chi connectivity index (χ1n) is 5.73. The molecule has 2 atom stereocenters. The molecule has 0 amide bonds. The van der Waals surface area contributed by atoms with Crippen LogP contribution in [-0.4, -0.2) is 6.54 Å². The monoisotopic (exact) mass is 183 g/mol. The standard InChI is InChI=1S/C12H25N/c1-12(2,3)8-7-10-5-4-6-11(10)9-13/h10-11H,4-9,13H2,1-3H3. The van der Waals surface area contributed by atoms with Gasteiger partial charge in [-0.2, -0.15) is 0 Å². The minimum atomic E-state index is 0.502. The van der Waals surface area contributed by atoms with Crippen molar-refractivity contribution in [2.24, 2.45) is 23.0 Å². The molecule has 0 spiro atoms. The lowest BCUT2D eigenvalue weighted by Crippen LogP contribution is -2.20. The fourth-order valence-electron chi connectivity index (χ4n) is 2.42. The van der Waals surface area contributed by atoms with Crippen LogP contribution in [-0.2, 0) is 0 Å². The minimum Gasteiger partial charge on any atom is -0.330 e. The molecule has 1 rings (SSSR count). The molecular formula is C12H25N. The van der Waals surface area contributed by atoms with Crippen molar-refractivity contribution >= 4 is 0 Å². The molecule has 2 N–H and O–H groups in total. The summed E-state index contributed by atoms with van der Waals surface area (Å²) in [4.78, 5) is 0. The highest BCUT2D eigenvalue weighted by atomic mass is 14.6. The van der Waals surface area contributed by atoms with Crippen LogP contribution in [0.25, 0.3) is 0 Å². The molecule has 0 aromatic carbocycles. The number of rotatable bonds is 3. The molecule has 0 aromatic heterocycles. The number of hydrogen-bond donors (Lipinski definition) is 1. The third-order valence-electron chi connectivity index (χ3n) is 3.38. The van der Waals surface area contributed by atoms with Crippen molar-refractivity contribution in [2.45, 2.75) is 52.9 Å². The van der Waals surface area contributed by atoms with Gasteiger partial charge in [0.2, 0.25) is 0 Å². The van der Waals surface area contributed by atoms with Crippen LogP contribution in [0.15, 0.2) is 0 Å². The Hall–Kier alpha value is -0.0400. The lowest BCUT2D eigenvalue weighted by molar-refractivity contribution is 0.286. The predicted octanol–water partition coefficient (Wildman–Crippen LogP) is 3.19. The maximum Gasteiger partial charge on any atom is -0.00462 e. The fourth-order valence-corrected chi connectivity index (χ4v) is 2.42. The molecule has 0 aromatic rings. The number of nitrogens with two attached hydrogens (primary N) is 1. The quantitative estimate of drug-likeness (QED) is 0.714. The van der Waals surface area contributed by atoms with E-state index < -0.39 is 0 Å². The van der Waals surface area contributed by atoms with Crippen molar-refractivity contribution < 1.29 is 0 Å². The summed E-state index contributed by atoms with van der Waals surface area (Å²) in [5.41, 5.74) is 6.27. The maximum absolute atomic E-state index is 5.76. The highest BCUT2D eigenvalue weighted by molar-refractivity contribution is 4.79. The van der Waals surface area contributed by atoms with Gasteiger partial charge in [-0.15, -0.1) is 0 Å². The van der Waals surface area contributed by atoms with E-state index in [1.54, 1.807) is 0 Å². The van der Waals surface area contributed by atoms with Gasteiger partial charge in [0.1, 0.15) is 0 Å². The van der Waals surface area contributed by atoms with E-state index in [-0.39, 0.29) is 0 Å². The van der Waals surface area contributed by atoms with E-state index in [1.807, 2.05) is 0 Å². The van der Waals surface area contributed by atoms with Crippen LogP contribution >= 0.6 is 0 Å². The van der Waals surface area contributed by atoms with Gasteiger partial charge in [0.15, 0.2) is 0 Å². The Bertz CT molecular complexity index is 146. The first-order chi connectivity index (χ1) is 6.03. The van der Waals surface area contributed by atoms with Crippen LogP contribution in [0.3, 0.4) is 0 Å². The summed E-state index contributed by atoms with van der Waals surface area (Å²) < 4.78 is 0. The van der Waals surface area contributed by atoms with E-state index in [0.717, 1.165) is 18.4 Å². The Morgan fingerprint density at radius 2 is 1.77 bits per heavy atom. The number of hydrogen-bond acceptors (Lipinski definition) is 1. The van der Waals surface area contributed by atoms with Crippen LogP contribution in [0.4, 0.5) is 0 Å². The van der Waals surface area contributed by atoms with Gasteiger partial charge in [-0.1, -0.05) is 33.6 Å². The first kappa shape index (κ1) is 11.0. The van der Waals surface area contributed by atoms with Crippen molar-refractivity contribution in [1.82, 2.24) is 0 Å². The lowest BCUT2D eigenvalue weighted by Gasteiger charge is -2.23. The Morgan fingerprint density at radius 3 is 2.31 bits per heavy atom. The largest absolute Gasteiger partial charge is 0.330 e. The Kier molecular flexibility index (Phi) is 3.78. The normalized spacial score (nSPS) is 29.5. The van der Waals surface area contributed by atoms with Gasteiger partial charge in [-0.3, -0.25) is 0 Å². The summed E-state index contributed by atoms with van der Waals surface area (Å²) in [5.74, 6) is 1.77. The average Bonchev–Trinajstić information content (AvgIpc) is 2.46. The summed E-state index contributed by atoms with van der Waals surface area (Å²) in [5, 5.41) is 0. The molecule has 1 heteroatoms. The average molecular weight is 183 g/mol. The lowest BCUT2D eigenvalue weighted by atomic mass is 9.83. The second-order valence-electron chi connectivity index (χ2n) is 5.79. The second-order valence-corrected chi connectivity index (χ2v) is 5.79. The first-order valence-corrected chi connectivity index (χ1v) is 5.73. The summed E-state index contributed by atoms with van der Waals surface area (Å²) in [6.45, 7) is 7.91. The van der Waals surface area contributed by atoms with Crippen molar-refractivity contribution in [3.63, 3.8) is 0 Å². The van der Waals surface area contributed by atoms with Gasteiger partial charge >= 0.3 is 0 Å². The molecule has 1 nitrogen and oxygen atoms in total. The highest BCUT2D eigenvalue weighted by Gasteiger charge is 2.26. The predicted molar refractivity (Wildman–Crippen MR) is 58.6 cm³/mol. The molecule has 1 aliphatic carbocycles. The zero-order valence-electron chi connectivity index (χ0n) is 9.47. The molecule has 1 saturated carbocycles. The molecule has 0 radical (unpaired) electrons. The third-order valence-corrected chi connectivity index (χ3v) is 3.38. The second kappa shape index (κ2) is 4.45. The van der Waals surface area contributed by atoms with Crippen LogP contribution in [0.5, 0.6) is 0 Å². The van der Waals surface area contributed by atoms with E-state index in [1.165, 1.54) is 32.1 Å². The van der Waals surface area contributed by atoms with Crippen molar-refractivity contribution in [2.75, 3.05) is 6.54 Å². The van der Waals surface area contributed by atoms with Gasteiger partial charge in [0, 0.05) is 0 Å². The van der Waals surface area contributed by atoms with Crippen LogP contribution in [0.1, 0.15) is 52.9 Å². The highest BCUT2D eigenvalue weighted by Crippen LogP contribution is 2.36. The maximum atomic E-state index is 5.76. The van der Waals surface area contributed by atoms with Crippen molar-refractivity contribution in [3.8, 4) is 0 Å². The van der Waals surface area contributed by atoms with E-state index >= 15 is 0 Å². The van der Waals surface area contributed by atoms with E-state index in [0.29, 0.717) is 5.41 Å². The van der Waals surface area contributed by atoms with Crippen LogP contribution in [0, 0.1) is 17.3 Å². The van der Waals surface area contributed by atoms with Crippen LogP contribution in [0.2, 0.25) is 0 Å². The zero-order chi connectivity index (χ0) is 9.90. The minimum absolute atomic E-state index is 0.502. The van der Waals surface area contributed by atoms with Gasteiger partial charge in [-0.05, 0) is 43.1 Å². The van der Waals surface area contributed by atoms with Gasteiger partial charge in [0.25, 0.3) is 0 Å². The zero-order valence-corrected chi connectivity index (χ0v) is 9.47. The summed E-state index contributed by atoms with van der Waals surface area (Å²) in [6.07, 6.45) is 6.97. The molecular weight excluding hydrogens is 158 g/mol. The van der Waals surface area contributed by atoms with E-state index in [2.05, 4.69) is 20.8 Å². The SMILES string of the molecule is CC(C)(C)CCC1CCCC1CN. The molecule has 2 unspecified atom stereocenters. The summed E-state index contributed by atoms with van der Waals surface area (Å²) in [6, 6.07) is 0. The van der Waals surface area contributed by atoms with Gasteiger partial charge in [0.05, 0.1) is 0 Å². The molecule has 0 heterocycles. The Labute approximate surface area is 83.1 Å². The summed E-state index contributed by atoms with van der Waals surface area (Å²) >= 11 is 0. The molecule has 1 aliphatic rings. The Balaban J connectivity index is 2.28. The molecule has 0 bridgehead atoms. The summed E-state index contributed by atoms with van der Waals surface area (Å²) in [7, 11) is 0. The third kappa shape index (κ3) is 3.68.